The number of hydrogen-bond donors (Lipinski definition) is 1. The van der Waals surface area contributed by atoms with E-state index in [1.165, 1.54) is 0 Å². The zero-order chi connectivity index (χ0) is 13.1. The lowest BCUT2D eigenvalue weighted by Crippen LogP contribution is -2.28. The molecule has 6 nitrogen and oxygen atoms in total. The predicted octanol–water partition coefficient (Wildman–Crippen LogP) is 1.21. The van der Waals surface area contributed by atoms with Crippen LogP contribution in [0.4, 0.5) is 0 Å². The van der Waals surface area contributed by atoms with Gasteiger partial charge in [-0.2, -0.15) is 10.2 Å². The molecule has 1 amide bonds. The van der Waals surface area contributed by atoms with Gasteiger partial charge in [0, 0.05) is 31.9 Å². The van der Waals surface area contributed by atoms with Crippen molar-refractivity contribution in [1.29, 1.82) is 0 Å². The molecule has 2 aromatic heterocycles. The summed E-state index contributed by atoms with van der Waals surface area (Å²) in [6.45, 7) is 5.08. The summed E-state index contributed by atoms with van der Waals surface area (Å²) in [7, 11) is 1.78. The Morgan fingerprint density at radius 1 is 1.56 bits per heavy atom. The Labute approximate surface area is 106 Å². The van der Waals surface area contributed by atoms with Gasteiger partial charge in [0.1, 0.15) is 5.69 Å². The van der Waals surface area contributed by atoms with Gasteiger partial charge in [-0.15, -0.1) is 0 Å². The molecular formula is C12H17N5O. The summed E-state index contributed by atoms with van der Waals surface area (Å²) < 4.78 is 1.73. The van der Waals surface area contributed by atoms with Gasteiger partial charge in [0.15, 0.2) is 0 Å². The maximum atomic E-state index is 12.3. The first-order valence-corrected chi connectivity index (χ1v) is 5.89. The van der Waals surface area contributed by atoms with Crippen LogP contribution in [0, 0.1) is 6.92 Å². The van der Waals surface area contributed by atoms with Crippen LogP contribution < -0.4 is 0 Å². The Hall–Kier alpha value is -2.11. The van der Waals surface area contributed by atoms with Crippen molar-refractivity contribution in [3.63, 3.8) is 0 Å². The van der Waals surface area contributed by atoms with Crippen molar-refractivity contribution in [3.8, 4) is 0 Å². The van der Waals surface area contributed by atoms with E-state index in [0.29, 0.717) is 18.8 Å². The number of amides is 1. The Balaban J connectivity index is 2.15. The summed E-state index contributed by atoms with van der Waals surface area (Å²) >= 11 is 0. The average molecular weight is 247 g/mol. The number of nitrogens with zero attached hydrogens (tertiary/aromatic N) is 4. The van der Waals surface area contributed by atoms with E-state index < -0.39 is 0 Å². The largest absolute Gasteiger partial charge is 0.336 e. The molecule has 2 aromatic rings. The van der Waals surface area contributed by atoms with Gasteiger partial charge < -0.3 is 4.90 Å². The first-order valence-electron chi connectivity index (χ1n) is 5.89. The summed E-state index contributed by atoms with van der Waals surface area (Å²) in [6.07, 6.45) is 3.50. The molecule has 0 aromatic carbocycles. The third-order valence-corrected chi connectivity index (χ3v) is 2.74. The fourth-order valence-corrected chi connectivity index (χ4v) is 1.86. The topological polar surface area (TPSA) is 66.8 Å². The van der Waals surface area contributed by atoms with Crippen molar-refractivity contribution >= 4 is 5.91 Å². The van der Waals surface area contributed by atoms with Crippen LogP contribution >= 0.6 is 0 Å². The molecule has 1 N–H and O–H groups in total. The molecule has 2 rings (SSSR count). The van der Waals surface area contributed by atoms with E-state index in [1.54, 1.807) is 29.0 Å². The lowest BCUT2D eigenvalue weighted by atomic mass is 10.3. The van der Waals surface area contributed by atoms with Gasteiger partial charge in [-0.1, -0.05) is 0 Å². The summed E-state index contributed by atoms with van der Waals surface area (Å²) in [5.41, 5.74) is 2.46. The highest BCUT2D eigenvalue weighted by Gasteiger charge is 2.17. The molecule has 0 saturated carbocycles. The maximum Gasteiger partial charge on any atom is 0.272 e. The maximum absolute atomic E-state index is 12.3. The Morgan fingerprint density at radius 3 is 2.94 bits per heavy atom. The number of carbonyl (C=O) groups is 1. The summed E-state index contributed by atoms with van der Waals surface area (Å²) in [5, 5.41) is 10.9. The second-order valence-electron chi connectivity index (χ2n) is 4.25. The number of H-pyrrole nitrogens is 1. The monoisotopic (exact) mass is 247 g/mol. The van der Waals surface area contributed by atoms with Gasteiger partial charge >= 0.3 is 0 Å². The number of carbonyl (C=O) groups excluding carboxylic acids is 1. The van der Waals surface area contributed by atoms with Gasteiger partial charge in [-0.3, -0.25) is 14.6 Å². The fourth-order valence-electron chi connectivity index (χ4n) is 1.86. The van der Waals surface area contributed by atoms with E-state index in [-0.39, 0.29) is 5.91 Å². The van der Waals surface area contributed by atoms with Crippen LogP contribution in [0.25, 0.3) is 0 Å². The third kappa shape index (κ3) is 2.42. The molecule has 0 unspecified atom stereocenters. The lowest BCUT2D eigenvalue weighted by Gasteiger charge is -2.16. The molecule has 0 atom stereocenters. The second-order valence-corrected chi connectivity index (χ2v) is 4.25. The smallest absolute Gasteiger partial charge is 0.272 e. The number of aryl methyl sites for hydroxylation is 2. The Bertz CT molecular complexity index is 529. The number of aromatic amines is 1. The van der Waals surface area contributed by atoms with Crippen LogP contribution in [-0.4, -0.2) is 37.8 Å². The third-order valence-electron chi connectivity index (χ3n) is 2.74. The van der Waals surface area contributed by atoms with Crippen molar-refractivity contribution in [2.24, 2.45) is 0 Å². The van der Waals surface area contributed by atoms with Gasteiger partial charge in [0.05, 0.1) is 11.9 Å². The average Bonchev–Trinajstić information content (AvgIpc) is 2.97. The quantitative estimate of drug-likeness (QED) is 0.883. The zero-order valence-corrected chi connectivity index (χ0v) is 10.8. The van der Waals surface area contributed by atoms with Crippen LogP contribution in [0.3, 0.4) is 0 Å². The summed E-state index contributed by atoms with van der Waals surface area (Å²) in [6, 6.07) is 1.82. The standard InChI is InChI=1S/C12H17N5O/c1-4-17-11(5-9(2)15-17)12(18)16(3)8-10-6-13-14-7-10/h5-7H,4,8H2,1-3H3,(H,13,14). The van der Waals surface area contributed by atoms with Crippen molar-refractivity contribution in [2.75, 3.05) is 7.05 Å². The first kappa shape index (κ1) is 12.3. The number of nitrogens with one attached hydrogen (secondary N) is 1. The second kappa shape index (κ2) is 5.03. The minimum atomic E-state index is -0.0290. The molecule has 0 spiro atoms. The summed E-state index contributed by atoms with van der Waals surface area (Å²) in [5.74, 6) is -0.0290. The summed E-state index contributed by atoms with van der Waals surface area (Å²) in [4.78, 5) is 14.0. The Morgan fingerprint density at radius 2 is 2.33 bits per heavy atom. The zero-order valence-electron chi connectivity index (χ0n) is 10.8. The molecule has 0 bridgehead atoms. The van der Waals surface area contributed by atoms with Crippen molar-refractivity contribution in [2.45, 2.75) is 26.9 Å². The lowest BCUT2D eigenvalue weighted by molar-refractivity contribution is 0.0773. The minimum absolute atomic E-state index is 0.0290. The molecule has 0 aliphatic carbocycles. The molecule has 6 heteroatoms. The Kier molecular flexibility index (Phi) is 3.45. The number of hydrogen-bond acceptors (Lipinski definition) is 3. The first-order chi connectivity index (χ1) is 8.61. The van der Waals surface area contributed by atoms with Crippen molar-refractivity contribution in [3.05, 3.63) is 35.4 Å². The van der Waals surface area contributed by atoms with Crippen LogP contribution in [0.15, 0.2) is 18.5 Å². The van der Waals surface area contributed by atoms with E-state index in [9.17, 15) is 4.79 Å². The van der Waals surface area contributed by atoms with Crippen LogP contribution in [0.2, 0.25) is 0 Å². The van der Waals surface area contributed by atoms with E-state index >= 15 is 0 Å². The highest BCUT2D eigenvalue weighted by atomic mass is 16.2. The van der Waals surface area contributed by atoms with Gasteiger partial charge in [-0.05, 0) is 19.9 Å². The van der Waals surface area contributed by atoms with Crippen LogP contribution in [-0.2, 0) is 13.1 Å². The van der Waals surface area contributed by atoms with Gasteiger partial charge in [0.25, 0.3) is 5.91 Å². The molecule has 0 radical (unpaired) electrons. The molecular weight excluding hydrogens is 230 g/mol. The highest BCUT2D eigenvalue weighted by Crippen LogP contribution is 2.09. The molecule has 0 saturated heterocycles. The van der Waals surface area contributed by atoms with Crippen molar-refractivity contribution in [1.82, 2.24) is 24.9 Å². The van der Waals surface area contributed by atoms with E-state index in [2.05, 4.69) is 15.3 Å². The van der Waals surface area contributed by atoms with E-state index in [1.807, 2.05) is 19.9 Å². The fraction of sp³-hybridized carbons (Fsp3) is 0.417. The van der Waals surface area contributed by atoms with E-state index in [0.717, 1.165) is 11.3 Å². The normalized spacial score (nSPS) is 10.6. The number of rotatable bonds is 4. The van der Waals surface area contributed by atoms with Gasteiger partial charge in [-0.25, -0.2) is 0 Å². The van der Waals surface area contributed by atoms with Crippen LogP contribution in [0.5, 0.6) is 0 Å². The molecule has 96 valence electrons. The van der Waals surface area contributed by atoms with Crippen molar-refractivity contribution < 1.29 is 4.79 Å². The molecule has 0 fully saturated rings. The predicted molar refractivity (Wildman–Crippen MR) is 67.0 cm³/mol. The van der Waals surface area contributed by atoms with E-state index in [4.69, 9.17) is 0 Å². The molecule has 0 aliphatic rings. The van der Waals surface area contributed by atoms with Crippen LogP contribution in [0.1, 0.15) is 28.7 Å². The molecule has 18 heavy (non-hydrogen) atoms. The molecule has 0 aliphatic heterocycles. The molecule has 2 heterocycles. The highest BCUT2D eigenvalue weighted by molar-refractivity contribution is 5.92. The SMILES string of the molecule is CCn1nc(C)cc1C(=O)N(C)Cc1cn[nH]c1. The van der Waals surface area contributed by atoms with Gasteiger partial charge in [0.2, 0.25) is 0 Å². The minimum Gasteiger partial charge on any atom is -0.336 e. The number of aromatic nitrogens is 4.